The van der Waals surface area contributed by atoms with Crippen LogP contribution in [-0.2, 0) is 4.79 Å². The van der Waals surface area contributed by atoms with Gasteiger partial charge >= 0.3 is 12.0 Å². The van der Waals surface area contributed by atoms with E-state index in [1.54, 1.807) is 19.2 Å². The molecule has 19 heavy (non-hydrogen) atoms. The summed E-state index contributed by atoms with van der Waals surface area (Å²) in [6.45, 7) is 0. The summed E-state index contributed by atoms with van der Waals surface area (Å²) in [6, 6.07) is 5.09. The van der Waals surface area contributed by atoms with Crippen LogP contribution in [0.2, 0.25) is 0 Å². The van der Waals surface area contributed by atoms with Gasteiger partial charge in [-0.05, 0) is 12.1 Å². The molecule has 0 aliphatic carbocycles. The Morgan fingerprint density at radius 1 is 1.47 bits per heavy atom. The molecule has 1 aromatic rings. The fourth-order valence-electron chi connectivity index (χ4n) is 1.84. The van der Waals surface area contributed by atoms with Crippen molar-refractivity contribution in [1.82, 2.24) is 4.90 Å². The highest BCUT2D eigenvalue weighted by molar-refractivity contribution is 7.99. The first-order chi connectivity index (χ1) is 9.00. The number of thioether (sulfide) groups is 1. The number of carboxylic acid groups (broad SMARTS) is 1. The summed E-state index contributed by atoms with van der Waals surface area (Å²) >= 11 is 1.41. The van der Waals surface area contributed by atoms with E-state index in [0.717, 1.165) is 0 Å². The van der Waals surface area contributed by atoms with Gasteiger partial charge in [0.2, 0.25) is 0 Å². The Bertz CT molecular complexity index is 508. The van der Waals surface area contributed by atoms with Crippen molar-refractivity contribution in [2.24, 2.45) is 0 Å². The summed E-state index contributed by atoms with van der Waals surface area (Å²) < 4.78 is 0. The van der Waals surface area contributed by atoms with Gasteiger partial charge in [-0.3, -0.25) is 4.90 Å². The normalized spacial score (nSPS) is 18.4. The number of carbonyl (C=O) groups excluding carboxylic acids is 1. The van der Waals surface area contributed by atoms with Gasteiger partial charge in [-0.1, -0.05) is 6.07 Å². The number of aromatic hydroxyl groups is 1. The second kappa shape index (κ2) is 5.40. The SMILES string of the molecule is CN(C(=O)N1CSC[C@H]1C(=O)O)c1cccc(O)c1. The Labute approximate surface area is 114 Å². The summed E-state index contributed by atoms with van der Waals surface area (Å²) in [5, 5.41) is 18.5. The first-order valence-electron chi connectivity index (χ1n) is 5.64. The number of amides is 2. The lowest BCUT2D eigenvalue weighted by molar-refractivity contribution is -0.140. The van der Waals surface area contributed by atoms with Gasteiger partial charge in [0.1, 0.15) is 11.8 Å². The lowest BCUT2D eigenvalue weighted by atomic mass is 10.2. The monoisotopic (exact) mass is 282 g/mol. The van der Waals surface area contributed by atoms with Gasteiger partial charge in [0, 0.05) is 24.6 Å². The third-order valence-corrected chi connectivity index (χ3v) is 3.93. The zero-order valence-corrected chi connectivity index (χ0v) is 11.1. The fourth-order valence-corrected chi connectivity index (χ4v) is 2.98. The summed E-state index contributed by atoms with van der Waals surface area (Å²) in [5.74, 6) is -0.182. The molecule has 1 aliphatic heterocycles. The molecule has 1 atom stereocenters. The minimum atomic E-state index is -0.998. The van der Waals surface area contributed by atoms with Crippen molar-refractivity contribution < 1.29 is 19.8 Å². The van der Waals surface area contributed by atoms with Gasteiger partial charge in [-0.2, -0.15) is 0 Å². The smallest absolute Gasteiger partial charge is 0.327 e. The Kier molecular flexibility index (Phi) is 3.84. The Hall–Kier alpha value is -1.89. The number of nitrogens with zero attached hydrogens (tertiary/aromatic N) is 2. The molecule has 0 spiro atoms. The molecule has 1 aliphatic rings. The molecule has 1 fully saturated rings. The summed E-state index contributed by atoms with van der Waals surface area (Å²) in [5.41, 5.74) is 0.519. The van der Waals surface area contributed by atoms with E-state index < -0.39 is 12.0 Å². The van der Waals surface area contributed by atoms with Crippen molar-refractivity contribution in [2.45, 2.75) is 6.04 Å². The van der Waals surface area contributed by atoms with E-state index in [-0.39, 0.29) is 11.8 Å². The van der Waals surface area contributed by atoms with Crippen LogP contribution in [-0.4, -0.2) is 51.8 Å². The maximum Gasteiger partial charge on any atom is 0.327 e. The lowest BCUT2D eigenvalue weighted by Crippen LogP contribution is -2.47. The van der Waals surface area contributed by atoms with E-state index in [9.17, 15) is 14.7 Å². The Morgan fingerprint density at radius 2 is 2.21 bits per heavy atom. The van der Waals surface area contributed by atoms with Crippen LogP contribution in [0.4, 0.5) is 10.5 Å². The molecule has 7 heteroatoms. The average Bonchev–Trinajstić information content (AvgIpc) is 2.86. The minimum absolute atomic E-state index is 0.0581. The molecule has 2 rings (SSSR count). The number of urea groups is 1. The predicted octanol–water partition coefficient (Wildman–Crippen LogP) is 1.41. The van der Waals surface area contributed by atoms with Crippen LogP contribution in [0, 0.1) is 0 Å². The second-order valence-corrected chi connectivity index (χ2v) is 5.18. The van der Waals surface area contributed by atoms with E-state index in [1.165, 1.54) is 33.7 Å². The van der Waals surface area contributed by atoms with Crippen LogP contribution in [0.25, 0.3) is 0 Å². The van der Waals surface area contributed by atoms with E-state index in [2.05, 4.69) is 0 Å². The largest absolute Gasteiger partial charge is 0.508 e. The number of hydrogen-bond donors (Lipinski definition) is 2. The van der Waals surface area contributed by atoms with Crippen LogP contribution in [0.15, 0.2) is 24.3 Å². The Balaban J connectivity index is 2.17. The molecule has 1 aromatic carbocycles. The number of carbonyl (C=O) groups is 2. The lowest BCUT2D eigenvalue weighted by Gasteiger charge is -2.27. The van der Waals surface area contributed by atoms with Gasteiger partial charge in [0.05, 0.1) is 5.88 Å². The van der Waals surface area contributed by atoms with E-state index in [0.29, 0.717) is 17.3 Å². The molecule has 1 saturated heterocycles. The van der Waals surface area contributed by atoms with Crippen LogP contribution < -0.4 is 4.90 Å². The molecule has 6 nitrogen and oxygen atoms in total. The standard InChI is InChI=1S/C12H14N2O4S/c1-13(8-3-2-4-9(15)5-8)12(18)14-7-19-6-10(14)11(16)17/h2-5,10,15H,6-7H2,1H3,(H,16,17)/t10-/m0/s1. The molecule has 102 valence electrons. The van der Waals surface area contributed by atoms with E-state index in [1.807, 2.05) is 0 Å². The summed E-state index contributed by atoms with van der Waals surface area (Å²) in [7, 11) is 1.55. The van der Waals surface area contributed by atoms with Crippen LogP contribution >= 0.6 is 11.8 Å². The van der Waals surface area contributed by atoms with E-state index >= 15 is 0 Å². The molecule has 0 unspecified atom stereocenters. The quantitative estimate of drug-likeness (QED) is 0.857. The topological polar surface area (TPSA) is 81.1 Å². The highest BCUT2D eigenvalue weighted by atomic mass is 32.2. The first kappa shape index (κ1) is 13.5. The maximum absolute atomic E-state index is 12.3. The van der Waals surface area contributed by atoms with Crippen molar-refractivity contribution in [3.8, 4) is 5.75 Å². The number of carboxylic acids is 1. The number of rotatable bonds is 2. The van der Waals surface area contributed by atoms with Gasteiger partial charge in [-0.15, -0.1) is 11.8 Å². The van der Waals surface area contributed by atoms with Crippen LogP contribution in [0.3, 0.4) is 0 Å². The number of phenols is 1. The second-order valence-electron chi connectivity index (χ2n) is 4.19. The molecular formula is C12H14N2O4S. The third-order valence-electron chi connectivity index (χ3n) is 2.92. The predicted molar refractivity (Wildman–Crippen MR) is 72.5 cm³/mol. The molecule has 0 bridgehead atoms. The number of aliphatic carboxylic acids is 1. The van der Waals surface area contributed by atoms with E-state index in [4.69, 9.17) is 5.11 Å². The van der Waals surface area contributed by atoms with Crippen molar-refractivity contribution in [3.63, 3.8) is 0 Å². The summed E-state index contributed by atoms with van der Waals surface area (Å²) in [6.07, 6.45) is 0. The third kappa shape index (κ3) is 2.76. The Morgan fingerprint density at radius 3 is 2.84 bits per heavy atom. The van der Waals surface area contributed by atoms with Crippen molar-refractivity contribution in [1.29, 1.82) is 0 Å². The van der Waals surface area contributed by atoms with Gasteiger partial charge in [0.25, 0.3) is 0 Å². The molecule has 1 heterocycles. The number of hydrogen-bond acceptors (Lipinski definition) is 4. The maximum atomic E-state index is 12.3. The molecule has 0 saturated carbocycles. The minimum Gasteiger partial charge on any atom is -0.508 e. The van der Waals surface area contributed by atoms with Gasteiger partial charge in [-0.25, -0.2) is 9.59 Å². The van der Waals surface area contributed by atoms with Gasteiger partial charge in [0.15, 0.2) is 0 Å². The van der Waals surface area contributed by atoms with Crippen molar-refractivity contribution >= 4 is 29.4 Å². The molecule has 0 radical (unpaired) electrons. The number of benzene rings is 1. The highest BCUT2D eigenvalue weighted by Crippen LogP contribution is 2.25. The first-order valence-corrected chi connectivity index (χ1v) is 6.80. The zero-order valence-electron chi connectivity index (χ0n) is 10.3. The highest BCUT2D eigenvalue weighted by Gasteiger charge is 2.36. The molecule has 2 N–H and O–H groups in total. The molecular weight excluding hydrogens is 268 g/mol. The van der Waals surface area contributed by atoms with Crippen LogP contribution in [0.1, 0.15) is 0 Å². The summed E-state index contributed by atoms with van der Waals surface area (Å²) in [4.78, 5) is 26.0. The average molecular weight is 282 g/mol. The van der Waals surface area contributed by atoms with Crippen molar-refractivity contribution in [3.05, 3.63) is 24.3 Å². The van der Waals surface area contributed by atoms with Crippen molar-refractivity contribution in [2.75, 3.05) is 23.6 Å². The number of anilines is 1. The molecule has 2 amide bonds. The van der Waals surface area contributed by atoms with Gasteiger partial charge < -0.3 is 15.1 Å². The number of phenolic OH excluding ortho intramolecular Hbond substituents is 1. The zero-order chi connectivity index (χ0) is 14.0. The van der Waals surface area contributed by atoms with Crippen LogP contribution in [0.5, 0.6) is 5.75 Å². The fraction of sp³-hybridized carbons (Fsp3) is 0.333. The molecule has 0 aromatic heterocycles.